The molecule has 5 nitrogen and oxygen atoms in total. The number of carbonyl (C=O) groups excluding carboxylic acids is 2. The highest BCUT2D eigenvalue weighted by atomic mass is 16.6. The lowest BCUT2D eigenvalue weighted by Crippen LogP contribution is -2.49. The first-order valence-electron chi connectivity index (χ1n) is 5.74. The molecular formula is C12H21NO4. The van der Waals surface area contributed by atoms with Crippen LogP contribution in [0.1, 0.15) is 41.5 Å². The number of carbonyl (C=O) groups is 2. The van der Waals surface area contributed by atoms with Crippen LogP contribution in [0.4, 0.5) is 4.79 Å². The molecule has 1 fully saturated rings. The summed E-state index contributed by atoms with van der Waals surface area (Å²) in [5.41, 5.74) is -1.39. The van der Waals surface area contributed by atoms with Gasteiger partial charge in [-0.1, -0.05) is 0 Å². The molecular weight excluding hydrogens is 222 g/mol. The molecule has 0 N–H and O–H groups in total. The summed E-state index contributed by atoms with van der Waals surface area (Å²) in [4.78, 5) is 24.4. The van der Waals surface area contributed by atoms with Crippen LogP contribution < -0.4 is 0 Å². The van der Waals surface area contributed by atoms with Crippen molar-refractivity contribution in [3.63, 3.8) is 0 Å². The Balaban J connectivity index is 2.88. The number of hydrogen-bond acceptors (Lipinski definition) is 4. The third-order valence-electron chi connectivity index (χ3n) is 2.61. The minimum absolute atomic E-state index is 0.322. The summed E-state index contributed by atoms with van der Waals surface area (Å²) in [7, 11) is 0. The van der Waals surface area contributed by atoms with E-state index in [1.54, 1.807) is 41.5 Å². The summed E-state index contributed by atoms with van der Waals surface area (Å²) in [5.74, 6) is 0. The predicted octanol–water partition coefficient (Wildman–Crippen LogP) is 1.95. The van der Waals surface area contributed by atoms with Crippen molar-refractivity contribution in [1.82, 2.24) is 4.90 Å². The van der Waals surface area contributed by atoms with E-state index >= 15 is 0 Å². The highest BCUT2D eigenvalue weighted by Crippen LogP contribution is 2.32. The average molecular weight is 243 g/mol. The molecule has 0 unspecified atom stereocenters. The van der Waals surface area contributed by atoms with E-state index in [0.29, 0.717) is 0 Å². The molecule has 98 valence electrons. The van der Waals surface area contributed by atoms with Crippen LogP contribution >= 0.6 is 0 Å². The Bertz CT molecular complexity index is 319. The molecule has 17 heavy (non-hydrogen) atoms. The second-order valence-corrected chi connectivity index (χ2v) is 5.76. The lowest BCUT2D eigenvalue weighted by molar-refractivity contribution is -0.124. The zero-order valence-electron chi connectivity index (χ0n) is 11.3. The highest BCUT2D eigenvalue weighted by Gasteiger charge is 2.49. The first-order valence-corrected chi connectivity index (χ1v) is 5.74. The Hall–Kier alpha value is -1.10. The Morgan fingerprint density at radius 1 is 1.41 bits per heavy atom. The van der Waals surface area contributed by atoms with E-state index < -0.39 is 23.5 Å². The molecule has 1 saturated heterocycles. The van der Waals surface area contributed by atoms with E-state index in [9.17, 15) is 9.59 Å². The Morgan fingerprint density at radius 2 is 1.94 bits per heavy atom. The molecule has 1 aliphatic rings. The second-order valence-electron chi connectivity index (χ2n) is 5.76. The maximum absolute atomic E-state index is 12.1. The van der Waals surface area contributed by atoms with E-state index in [0.717, 1.165) is 6.29 Å². The van der Waals surface area contributed by atoms with Crippen LogP contribution in [0.25, 0.3) is 0 Å². The van der Waals surface area contributed by atoms with Crippen molar-refractivity contribution >= 4 is 12.4 Å². The Morgan fingerprint density at radius 3 is 2.29 bits per heavy atom. The van der Waals surface area contributed by atoms with Crippen LogP contribution in [0.15, 0.2) is 0 Å². The van der Waals surface area contributed by atoms with Crippen molar-refractivity contribution < 1.29 is 19.1 Å². The van der Waals surface area contributed by atoms with Crippen molar-refractivity contribution in [1.29, 1.82) is 0 Å². The van der Waals surface area contributed by atoms with Crippen LogP contribution in [-0.2, 0) is 14.3 Å². The average Bonchev–Trinajstić information content (AvgIpc) is 2.32. The summed E-state index contributed by atoms with van der Waals surface area (Å²) >= 11 is 0. The first kappa shape index (κ1) is 14.0. The normalized spacial score (nSPS) is 28.0. The van der Waals surface area contributed by atoms with E-state index in [1.165, 1.54) is 4.90 Å². The molecule has 0 aliphatic carbocycles. The maximum atomic E-state index is 12.1. The van der Waals surface area contributed by atoms with Gasteiger partial charge in [-0.2, -0.15) is 0 Å². The molecule has 1 amide bonds. The van der Waals surface area contributed by atoms with Crippen LogP contribution in [0, 0.1) is 0 Å². The monoisotopic (exact) mass is 243 g/mol. The molecule has 0 radical (unpaired) electrons. The maximum Gasteiger partial charge on any atom is 0.412 e. The van der Waals surface area contributed by atoms with Gasteiger partial charge in [-0.15, -0.1) is 0 Å². The quantitative estimate of drug-likeness (QED) is 0.660. The number of hydrogen-bond donors (Lipinski definition) is 0. The van der Waals surface area contributed by atoms with Crippen LogP contribution in [-0.4, -0.2) is 40.8 Å². The summed E-state index contributed by atoms with van der Waals surface area (Å²) in [6, 6.07) is -0.322. The minimum atomic E-state index is -0.826. The molecule has 5 heteroatoms. The highest BCUT2D eigenvalue weighted by molar-refractivity contribution is 5.71. The summed E-state index contributed by atoms with van der Waals surface area (Å²) in [6.45, 7) is 10.7. The molecule has 1 aliphatic heterocycles. The van der Waals surface area contributed by atoms with Gasteiger partial charge in [0.25, 0.3) is 0 Å². The van der Waals surface area contributed by atoms with Gasteiger partial charge >= 0.3 is 6.09 Å². The predicted molar refractivity (Wildman–Crippen MR) is 62.6 cm³/mol. The van der Waals surface area contributed by atoms with Crippen molar-refractivity contribution in [2.75, 3.05) is 0 Å². The van der Waals surface area contributed by atoms with E-state index in [1.807, 2.05) is 0 Å². The largest absolute Gasteiger partial charge is 0.444 e. The topological polar surface area (TPSA) is 55.8 Å². The van der Waals surface area contributed by atoms with E-state index in [-0.39, 0.29) is 6.04 Å². The van der Waals surface area contributed by atoms with E-state index in [4.69, 9.17) is 9.47 Å². The molecule has 0 saturated carbocycles. The summed E-state index contributed by atoms with van der Waals surface area (Å²) in [5, 5.41) is 0. The molecule has 0 aromatic carbocycles. The number of amides is 1. The number of rotatable bonds is 1. The smallest absolute Gasteiger partial charge is 0.412 e. The number of nitrogens with zero attached hydrogens (tertiary/aromatic N) is 1. The molecule has 0 spiro atoms. The fourth-order valence-electron chi connectivity index (χ4n) is 1.96. The first-order chi connectivity index (χ1) is 7.58. The third kappa shape index (κ3) is 2.97. The van der Waals surface area contributed by atoms with Gasteiger partial charge in [0.15, 0.2) is 6.29 Å². The Labute approximate surface area is 102 Å². The van der Waals surface area contributed by atoms with Crippen molar-refractivity contribution in [2.24, 2.45) is 0 Å². The van der Waals surface area contributed by atoms with Gasteiger partial charge in [-0.3, -0.25) is 4.90 Å². The molecule has 0 aromatic heterocycles. The van der Waals surface area contributed by atoms with Gasteiger partial charge in [0.05, 0.1) is 6.04 Å². The van der Waals surface area contributed by atoms with Crippen molar-refractivity contribution in [3.8, 4) is 0 Å². The fraction of sp³-hybridized carbons (Fsp3) is 0.833. The second kappa shape index (κ2) is 4.29. The standard InChI is InChI=1S/C12H21NO4/c1-8-9(7-14)16-12(5,6)13(8)10(15)17-11(2,3)4/h7-9H,1-6H3/t8-,9+/m1/s1. The van der Waals surface area contributed by atoms with Gasteiger partial charge in [-0.05, 0) is 41.5 Å². The lowest BCUT2D eigenvalue weighted by atomic mass is 10.1. The fourth-order valence-corrected chi connectivity index (χ4v) is 1.96. The SMILES string of the molecule is C[C@@H]1[C@H](C=O)OC(C)(C)N1C(=O)OC(C)(C)C. The zero-order chi connectivity index (χ0) is 13.4. The zero-order valence-corrected chi connectivity index (χ0v) is 11.3. The minimum Gasteiger partial charge on any atom is -0.444 e. The third-order valence-corrected chi connectivity index (χ3v) is 2.61. The van der Waals surface area contributed by atoms with Gasteiger partial charge in [0, 0.05) is 0 Å². The van der Waals surface area contributed by atoms with Crippen molar-refractivity contribution in [2.45, 2.75) is 65.0 Å². The van der Waals surface area contributed by atoms with Gasteiger partial charge in [0.1, 0.15) is 17.4 Å². The van der Waals surface area contributed by atoms with Crippen molar-refractivity contribution in [3.05, 3.63) is 0 Å². The van der Waals surface area contributed by atoms with Crippen LogP contribution in [0.3, 0.4) is 0 Å². The Kier molecular flexibility index (Phi) is 3.52. The molecule has 2 atom stereocenters. The lowest BCUT2D eigenvalue weighted by Gasteiger charge is -2.33. The van der Waals surface area contributed by atoms with Crippen LogP contribution in [0.5, 0.6) is 0 Å². The molecule has 0 bridgehead atoms. The molecule has 1 rings (SSSR count). The van der Waals surface area contributed by atoms with Crippen LogP contribution in [0.2, 0.25) is 0 Å². The molecule has 0 aromatic rings. The van der Waals surface area contributed by atoms with Gasteiger partial charge in [-0.25, -0.2) is 4.79 Å². The summed E-state index contributed by atoms with van der Waals surface area (Å²) < 4.78 is 10.8. The van der Waals surface area contributed by atoms with Gasteiger partial charge in [0.2, 0.25) is 0 Å². The van der Waals surface area contributed by atoms with E-state index in [2.05, 4.69) is 0 Å². The molecule has 1 heterocycles. The summed E-state index contributed by atoms with van der Waals surface area (Å²) in [6.07, 6.45) is -0.339. The number of ether oxygens (including phenoxy) is 2. The number of aldehydes is 1. The van der Waals surface area contributed by atoms with Gasteiger partial charge < -0.3 is 14.3 Å².